The number of rotatable bonds is 5. The van der Waals surface area contributed by atoms with E-state index in [0.717, 1.165) is 65.2 Å². The Morgan fingerprint density at radius 2 is 2.03 bits per heavy atom. The highest BCUT2D eigenvalue weighted by atomic mass is 32.1. The first-order valence-electron chi connectivity index (χ1n) is 9.96. The summed E-state index contributed by atoms with van der Waals surface area (Å²) < 4.78 is 0. The average Bonchev–Trinajstić information content (AvgIpc) is 2.92. The molecule has 0 saturated carbocycles. The van der Waals surface area contributed by atoms with Crippen LogP contribution in [0.1, 0.15) is 17.7 Å². The maximum Gasteiger partial charge on any atom is 0.227 e. The summed E-state index contributed by atoms with van der Waals surface area (Å²) in [5.41, 5.74) is 5.16. The summed E-state index contributed by atoms with van der Waals surface area (Å²) >= 11 is 1.61. The Balaban J connectivity index is 1.58. The van der Waals surface area contributed by atoms with Crippen LogP contribution in [0.2, 0.25) is 0 Å². The predicted octanol–water partition coefficient (Wildman–Crippen LogP) is 3.80. The van der Waals surface area contributed by atoms with Crippen LogP contribution in [0, 0.1) is 13.8 Å². The molecule has 8 heteroatoms. The van der Waals surface area contributed by atoms with E-state index in [9.17, 15) is 0 Å². The molecule has 0 spiro atoms. The maximum absolute atomic E-state index is 4.80. The van der Waals surface area contributed by atoms with Gasteiger partial charge in [-0.1, -0.05) is 17.4 Å². The van der Waals surface area contributed by atoms with Crippen LogP contribution in [-0.4, -0.2) is 48.2 Å². The monoisotopic (exact) mass is 409 g/mol. The molecule has 0 atom stereocenters. The number of nitrogens with one attached hydrogen (secondary N) is 3. The second-order valence-corrected chi connectivity index (χ2v) is 8.17. The van der Waals surface area contributed by atoms with E-state index in [0.29, 0.717) is 5.95 Å². The summed E-state index contributed by atoms with van der Waals surface area (Å²) in [6.45, 7) is 8.24. The van der Waals surface area contributed by atoms with Gasteiger partial charge in [0, 0.05) is 44.3 Å². The van der Waals surface area contributed by atoms with E-state index in [2.05, 4.69) is 55.1 Å². The Morgan fingerprint density at radius 1 is 1.14 bits per heavy atom. The van der Waals surface area contributed by atoms with E-state index in [4.69, 9.17) is 4.98 Å². The molecular formula is C21H27N7S. The minimum absolute atomic E-state index is 0.596. The van der Waals surface area contributed by atoms with E-state index >= 15 is 0 Å². The summed E-state index contributed by atoms with van der Waals surface area (Å²) in [4.78, 5) is 17.3. The molecule has 3 heterocycles. The lowest BCUT2D eigenvalue weighted by atomic mass is 10.2. The zero-order valence-electron chi connectivity index (χ0n) is 17.1. The summed E-state index contributed by atoms with van der Waals surface area (Å²) in [7, 11) is 1.88. The third-order valence-electron chi connectivity index (χ3n) is 5.00. The van der Waals surface area contributed by atoms with E-state index in [1.807, 2.05) is 27.1 Å². The van der Waals surface area contributed by atoms with Gasteiger partial charge in [-0.05, 0) is 50.6 Å². The number of nitrogens with zero attached hydrogens (tertiary/aromatic N) is 4. The van der Waals surface area contributed by atoms with Crippen molar-refractivity contribution in [3.05, 3.63) is 41.7 Å². The molecule has 1 aromatic carbocycles. The van der Waals surface area contributed by atoms with Gasteiger partial charge in [-0.3, -0.25) is 0 Å². The van der Waals surface area contributed by atoms with Gasteiger partial charge in [-0.15, -0.1) is 0 Å². The lowest BCUT2D eigenvalue weighted by Crippen LogP contribution is -2.27. The van der Waals surface area contributed by atoms with Gasteiger partial charge in [0.25, 0.3) is 0 Å². The van der Waals surface area contributed by atoms with Crippen molar-refractivity contribution < 1.29 is 0 Å². The smallest absolute Gasteiger partial charge is 0.227 e. The fourth-order valence-corrected chi connectivity index (χ4v) is 4.44. The lowest BCUT2D eigenvalue weighted by Gasteiger charge is -2.23. The maximum atomic E-state index is 4.80. The van der Waals surface area contributed by atoms with E-state index < -0.39 is 0 Å². The van der Waals surface area contributed by atoms with E-state index in [-0.39, 0.29) is 0 Å². The van der Waals surface area contributed by atoms with Crippen LogP contribution in [0.5, 0.6) is 0 Å². The molecular weight excluding hydrogens is 382 g/mol. The second-order valence-electron chi connectivity index (χ2n) is 7.17. The van der Waals surface area contributed by atoms with Crippen LogP contribution in [-0.2, 0) is 0 Å². The minimum Gasteiger partial charge on any atom is -0.370 e. The number of anilines is 4. The molecule has 1 saturated heterocycles. The number of aromatic nitrogens is 3. The van der Waals surface area contributed by atoms with Crippen LogP contribution < -0.4 is 20.9 Å². The van der Waals surface area contributed by atoms with Gasteiger partial charge in [0.05, 0.1) is 16.3 Å². The van der Waals surface area contributed by atoms with Crippen LogP contribution in [0.3, 0.4) is 0 Å². The molecule has 0 radical (unpaired) electrons. The molecule has 4 rings (SSSR count). The highest BCUT2D eigenvalue weighted by molar-refractivity contribution is 7.19. The van der Waals surface area contributed by atoms with Crippen LogP contribution in [0.15, 0.2) is 30.5 Å². The Bertz CT molecular complexity index is 977. The van der Waals surface area contributed by atoms with Crippen molar-refractivity contribution in [2.45, 2.75) is 20.3 Å². The molecule has 29 heavy (non-hydrogen) atoms. The summed E-state index contributed by atoms with van der Waals surface area (Å²) in [6, 6.07) is 8.47. The third-order valence-corrected chi connectivity index (χ3v) is 6.19. The Labute approximate surface area is 175 Å². The number of hydrogen-bond donors (Lipinski definition) is 3. The molecule has 1 fully saturated rings. The third kappa shape index (κ3) is 4.49. The summed E-state index contributed by atoms with van der Waals surface area (Å²) in [6.07, 6.45) is 3.03. The molecule has 1 aliphatic rings. The highest BCUT2D eigenvalue weighted by Crippen LogP contribution is 2.33. The summed E-state index contributed by atoms with van der Waals surface area (Å²) in [5, 5.41) is 10.8. The van der Waals surface area contributed by atoms with Crippen molar-refractivity contribution >= 4 is 33.8 Å². The number of hydrogen-bond acceptors (Lipinski definition) is 8. The normalized spacial score (nSPS) is 14.5. The molecule has 0 bridgehead atoms. The molecule has 1 aliphatic heterocycles. The van der Waals surface area contributed by atoms with Gasteiger partial charge >= 0.3 is 0 Å². The number of benzene rings is 1. The van der Waals surface area contributed by atoms with Crippen molar-refractivity contribution in [1.29, 1.82) is 0 Å². The fraction of sp³-hybridized carbons (Fsp3) is 0.381. The average molecular weight is 410 g/mol. The van der Waals surface area contributed by atoms with Crippen molar-refractivity contribution in [3.63, 3.8) is 0 Å². The van der Waals surface area contributed by atoms with Crippen molar-refractivity contribution in [3.8, 4) is 10.6 Å². The minimum atomic E-state index is 0.596. The molecule has 0 aliphatic carbocycles. The zero-order valence-corrected chi connectivity index (χ0v) is 17.9. The van der Waals surface area contributed by atoms with E-state index in [1.54, 1.807) is 11.3 Å². The van der Waals surface area contributed by atoms with Gasteiger partial charge in [0.2, 0.25) is 5.95 Å². The Kier molecular flexibility index (Phi) is 5.92. The Morgan fingerprint density at radius 3 is 2.86 bits per heavy atom. The van der Waals surface area contributed by atoms with Crippen molar-refractivity contribution in [1.82, 2.24) is 20.3 Å². The molecule has 7 nitrogen and oxygen atoms in total. The predicted molar refractivity (Wildman–Crippen MR) is 122 cm³/mol. The van der Waals surface area contributed by atoms with Crippen LogP contribution >= 0.6 is 11.3 Å². The van der Waals surface area contributed by atoms with Gasteiger partial charge < -0.3 is 20.9 Å². The number of aryl methyl sites for hydroxylation is 2. The van der Waals surface area contributed by atoms with Gasteiger partial charge in [-0.25, -0.2) is 15.0 Å². The fourth-order valence-electron chi connectivity index (χ4n) is 3.47. The molecule has 0 amide bonds. The molecule has 3 N–H and O–H groups in total. The second kappa shape index (κ2) is 8.75. The first-order valence-corrected chi connectivity index (χ1v) is 10.8. The van der Waals surface area contributed by atoms with Crippen molar-refractivity contribution in [2.24, 2.45) is 0 Å². The number of thiazole rings is 1. The summed E-state index contributed by atoms with van der Waals surface area (Å²) in [5.74, 6) is 0.596. The highest BCUT2D eigenvalue weighted by Gasteiger charge is 2.15. The first-order chi connectivity index (χ1) is 14.1. The van der Waals surface area contributed by atoms with Crippen LogP contribution in [0.25, 0.3) is 10.6 Å². The standard InChI is InChI=1S/C21H27N7S/c1-14-13-24-20(27-18(14)19-15(2)25-21(22-3)29-19)26-16-6-4-7-17(12-16)28-10-5-8-23-9-11-28/h4,6-7,12-13,23H,5,8-11H2,1-3H3,(H,22,25)(H,24,26,27). The molecule has 2 aromatic heterocycles. The molecule has 3 aromatic rings. The van der Waals surface area contributed by atoms with Crippen LogP contribution in [0.4, 0.5) is 22.5 Å². The largest absolute Gasteiger partial charge is 0.370 e. The van der Waals surface area contributed by atoms with Crippen molar-refractivity contribution in [2.75, 3.05) is 48.8 Å². The zero-order chi connectivity index (χ0) is 20.2. The molecule has 0 unspecified atom stereocenters. The lowest BCUT2D eigenvalue weighted by molar-refractivity contribution is 0.724. The van der Waals surface area contributed by atoms with Gasteiger partial charge in [-0.2, -0.15) is 0 Å². The Hall–Kier alpha value is -2.71. The topological polar surface area (TPSA) is 78.0 Å². The van der Waals surface area contributed by atoms with Gasteiger partial charge in [0.15, 0.2) is 5.13 Å². The first kappa shape index (κ1) is 19.6. The van der Waals surface area contributed by atoms with E-state index in [1.165, 1.54) is 5.69 Å². The SMILES string of the molecule is CNc1nc(C)c(-c2nc(Nc3cccc(N4CCCNCC4)c3)ncc2C)s1. The molecule has 152 valence electrons. The van der Waals surface area contributed by atoms with Gasteiger partial charge in [0.1, 0.15) is 0 Å². The quantitative estimate of drug-likeness (QED) is 0.591.